The first kappa shape index (κ1) is 19.0. The molecule has 1 fully saturated rings. The number of amides is 1. The lowest BCUT2D eigenvalue weighted by molar-refractivity contribution is 0.0627. The Kier molecular flexibility index (Phi) is 6.07. The highest BCUT2D eigenvalue weighted by atomic mass is 16.2. The summed E-state index contributed by atoms with van der Waals surface area (Å²) in [6.07, 6.45) is 6.72. The Labute approximate surface area is 170 Å². The molecule has 3 aromatic rings. The topological polar surface area (TPSA) is 74.2 Å². The van der Waals surface area contributed by atoms with Gasteiger partial charge >= 0.3 is 0 Å². The van der Waals surface area contributed by atoms with Crippen LogP contribution in [0.15, 0.2) is 67.3 Å². The third-order valence-electron chi connectivity index (χ3n) is 4.98. The maximum absolute atomic E-state index is 12.8. The van der Waals surface area contributed by atoms with Crippen LogP contribution in [0.25, 0.3) is 0 Å². The molecule has 2 aromatic heterocycles. The van der Waals surface area contributed by atoms with Crippen LogP contribution in [0, 0.1) is 0 Å². The molecule has 1 saturated heterocycles. The summed E-state index contributed by atoms with van der Waals surface area (Å²) in [7, 11) is 0. The van der Waals surface area contributed by atoms with E-state index in [9.17, 15) is 4.79 Å². The van der Waals surface area contributed by atoms with Gasteiger partial charge in [0.15, 0.2) is 0 Å². The Morgan fingerprint density at radius 2 is 1.62 bits per heavy atom. The molecule has 0 atom stereocenters. The van der Waals surface area contributed by atoms with Crippen molar-refractivity contribution in [2.45, 2.75) is 13.1 Å². The fraction of sp³-hybridized carbons (Fsp3) is 0.273. The van der Waals surface area contributed by atoms with Gasteiger partial charge in [-0.25, -0.2) is 9.97 Å². The molecule has 4 rings (SSSR count). The van der Waals surface area contributed by atoms with Gasteiger partial charge in [0.1, 0.15) is 0 Å². The molecule has 0 bridgehead atoms. The smallest absolute Gasteiger partial charge is 0.257 e. The van der Waals surface area contributed by atoms with E-state index in [1.807, 2.05) is 23.1 Å². The van der Waals surface area contributed by atoms with Crippen LogP contribution < -0.4 is 5.32 Å². The molecule has 1 aliphatic heterocycles. The predicted octanol–water partition coefficient (Wildman–Crippen LogP) is 2.44. The van der Waals surface area contributed by atoms with Crippen molar-refractivity contribution in [2.24, 2.45) is 0 Å². The lowest BCUT2D eigenvalue weighted by Crippen LogP contribution is -2.48. The molecule has 148 valence electrons. The first-order valence-corrected chi connectivity index (χ1v) is 9.78. The average Bonchev–Trinajstić information content (AvgIpc) is 2.79. The number of hydrogen-bond donors (Lipinski definition) is 1. The van der Waals surface area contributed by atoms with Gasteiger partial charge in [-0.05, 0) is 17.2 Å². The number of carbonyl (C=O) groups excluding carboxylic acids is 1. The number of nitrogens with zero attached hydrogens (tertiary/aromatic N) is 5. The van der Waals surface area contributed by atoms with Crippen molar-refractivity contribution in [3.63, 3.8) is 0 Å². The average molecular weight is 388 g/mol. The second-order valence-electron chi connectivity index (χ2n) is 7.06. The number of nitrogens with one attached hydrogen (secondary N) is 1. The van der Waals surface area contributed by atoms with E-state index in [1.165, 1.54) is 5.56 Å². The van der Waals surface area contributed by atoms with Gasteiger partial charge in [0.2, 0.25) is 5.95 Å². The zero-order valence-corrected chi connectivity index (χ0v) is 16.2. The van der Waals surface area contributed by atoms with Crippen molar-refractivity contribution in [2.75, 3.05) is 31.5 Å². The lowest BCUT2D eigenvalue weighted by Gasteiger charge is -2.34. The summed E-state index contributed by atoms with van der Waals surface area (Å²) in [4.78, 5) is 29.6. The molecule has 0 radical (unpaired) electrons. The fourth-order valence-corrected chi connectivity index (χ4v) is 3.35. The van der Waals surface area contributed by atoms with Crippen LogP contribution in [0.4, 0.5) is 5.95 Å². The van der Waals surface area contributed by atoms with E-state index in [1.54, 1.807) is 24.8 Å². The largest absolute Gasteiger partial charge is 0.350 e. The molecule has 1 N–H and O–H groups in total. The number of carbonyl (C=O) groups is 1. The molecule has 0 unspecified atom stereocenters. The molecule has 0 saturated carbocycles. The van der Waals surface area contributed by atoms with Crippen LogP contribution in [0.2, 0.25) is 0 Å². The van der Waals surface area contributed by atoms with Crippen molar-refractivity contribution >= 4 is 11.9 Å². The first-order valence-electron chi connectivity index (χ1n) is 9.78. The van der Waals surface area contributed by atoms with Crippen molar-refractivity contribution in [1.82, 2.24) is 24.8 Å². The van der Waals surface area contributed by atoms with E-state index in [0.717, 1.165) is 25.2 Å². The number of benzene rings is 1. The van der Waals surface area contributed by atoms with Gasteiger partial charge in [-0.15, -0.1) is 0 Å². The van der Waals surface area contributed by atoms with Crippen LogP contribution >= 0.6 is 0 Å². The Hall–Kier alpha value is -3.32. The standard InChI is InChI=1S/C22H24N6O/c29-21(28-11-9-27(10-12-28)17-18-5-2-1-3-6-18)20-15-25-22(26-16-20)24-14-19-7-4-8-23-13-19/h1-8,13,15-16H,9-12,14,17H2,(H,24,25,26). The maximum atomic E-state index is 12.8. The Morgan fingerprint density at radius 1 is 0.897 bits per heavy atom. The van der Waals surface area contributed by atoms with E-state index in [-0.39, 0.29) is 5.91 Å². The Balaban J connectivity index is 1.27. The minimum Gasteiger partial charge on any atom is -0.350 e. The number of hydrogen-bond acceptors (Lipinski definition) is 6. The van der Waals surface area contributed by atoms with Gasteiger partial charge in [0.25, 0.3) is 5.91 Å². The summed E-state index contributed by atoms with van der Waals surface area (Å²) >= 11 is 0. The van der Waals surface area contributed by atoms with Gasteiger partial charge in [-0.1, -0.05) is 36.4 Å². The summed E-state index contributed by atoms with van der Waals surface area (Å²) < 4.78 is 0. The van der Waals surface area contributed by atoms with Gasteiger partial charge in [0, 0.05) is 64.1 Å². The van der Waals surface area contributed by atoms with Crippen LogP contribution in [0.3, 0.4) is 0 Å². The third kappa shape index (κ3) is 5.14. The molecule has 0 spiro atoms. The first-order chi connectivity index (χ1) is 14.3. The van der Waals surface area contributed by atoms with E-state index in [4.69, 9.17) is 0 Å². The zero-order valence-electron chi connectivity index (χ0n) is 16.2. The molecule has 7 nitrogen and oxygen atoms in total. The van der Waals surface area contributed by atoms with E-state index in [2.05, 4.69) is 49.4 Å². The number of anilines is 1. The minimum absolute atomic E-state index is 0.0110. The van der Waals surface area contributed by atoms with E-state index >= 15 is 0 Å². The quantitative estimate of drug-likeness (QED) is 0.699. The van der Waals surface area contributed by atoms with Crippen molar-refractivity contribution in [3.8, 4) is 0 Å². The second kappa shape index (κ2) is 9.25. The summed E-state index contributed by atoms with van der Waals surface area (Å²) in [5.41, 5.74) is 2.87. The number of rotatable bonds is 6. The van der Waals surface area contributed by atoms with Crippen LogP contribution in [-0.4, -0.2) is 56.8 Å². The highest BCUT2D eigenvalue weighted by molar-refractivity contribution is 5.93. The van der Waals surface area contributed by atoms with Crippen molar-refractivity contribution in [3.05, 3.63) is 83.9 Å². The molecule has 1 aliphatic rings. The van der Waals surface area contributed by atoms with E-state index < -0.39 is 0 Å². The maximum Gasteiger partial charge on any atom is 0.257 e. The summed E-state index contributed by atoms with van der Waals surface area (Å²) in [6.45, 7) is 4.67. The van der Waals surface area contributed by atoms with Crippen LogP contribution in [-0.2, 0) is 13.1 Å². The van der Waals surface area contributed by atoms with Gasteiger partial charge < -0.3 is 10.2 Å². The van der Waals surface area contributed by atoms with Crippen LogP contribution in [0.1, 0.15) is 21.5 Å². The highest BCUT2D eigenvalue weighted by Crippen LogP contribution is 2.12. The molecular weight excluding hydrogens is 364 g/mol. The summed E-state index contributed by atoms with van der Waals surface area (Å²) in [6, 6.07) is 14.3. The monoisotopic (exact) mass is 388 g/mol. The molecule has 0 aliphatic carbocycles. The van der Waals surface area contributed by atoms with E-state index in [0.29, 0.717) is 31.1 Å². The number of aromatic nitrogens is 3. The molecule has 3 heterocycles. The fourth-order valence-electron chi connectivity index (χ4n) is 3.35. The number of piperazine rings is 1. The van der Waals surface area contributed by atoms with Gasteiger partial charge in [-0.3, -0.25) is 14.7 Å². The normalized spacial score (nSPS) is 14.6. The second-order valence-corrected chi connectivity index (χ2v) is 7.06. The Bertz CT molecular complexity index is 909. The van der Waals surface area contributed by atoms with Gasteiger partial charge in [-0.2, -0.15) is 0 Å². The molecule has 1 amide bonds. The summed E-state index contributed by atoms with van der Waals surface area (Å²) in [5.74, 6) is 0.487. The summed E-state index contributed by atoms with van der Waals surface area (Å²) in [5, 5.41) is 3.14. The molecular formula is C22H24N6O. The minimum atomic E-state index is -0.0110. The Morgan fingerprint density at radius 3 is 2.31 bits per heavy atom. The van der Waals surface area contributed by atoms with Gasteiger partial charge in [0.05, 0.1) is 5.56 Å². The van der Waals surface area contributed by atoms with Crippen molar-refractivity contribution in [1.29, 1.82) is 0 Å². The SMILES string of the molecule is O=C(c1cnc(NCc2cccnc2)nc1)N1CCN(Cc2ccccc2)CC1. The predicted molar refractivity (Wildman–Crippen MR) is 111 cm³/mol. The molecule has 29 heavy (non-hydrogen) atoms. The van der Waals surface area contributed by atoms with Crippen molar-refractivity contribution < 1.29 is 4.79 Å². The highest BCUT2D eigenvalue weighted by Gasteiger charge is 2.22. The zero-order chi connectivity index (χ0) is 19.9. The lowest BCUT2D eigenvalue weighted by atomic mass is 10.2. The number of pyridine rings is 1. The third-order valence-corrected chi connectivity index (χ3v) is 4.98. The molecule has 7 heteroatoms. The van der Waals surface area contributed by atoms with Crippen LogP contribution in [0.5, 0.6) is 0 Å². The molecule has 1 aromatic carbocycles.